The van der Waals surface area contributed by atoms with Crippen molar-refractivity contribution < 1.29 is 33.6 Å². The lowest BCUT2D eigenvalue weighted by Gasteiger charge is -2.11. The van der Waals surface area contributed by atoms with Gasteiger partial charge in [-0.15, -0.1) is 0 Å². The van der Waals surface area contributed by atoms with Crippen molar-refractivity contribution in [1.82, 2.24) is 9.71 Å². The van der Waals surface area contributed by atoms with Crippen molar-refractivity contribution in [2.45, 2.75) is 0 Å². The molecule has 0 amide bonds. The van der Waals surface area contributed by atoms with E-state index in [9.17, 15) is 9.36 Å². The van der Waals surface area contributed by atoms with Gasteiger partial charge < -0.3 is 9.52 Å². The van der Waals surface area contributed by atoms with Crippen LogP contribution in [-0.4, -0.2) is 41.0 Å². The first kappa shape index (κ1) is 13.2. The molecule has 0 saturated carbocycles. The third-order valence-corrected chi connectivity index (χ3v) is 3.58. The molecule has 1 unspecified atom stereocenters. The van der Waals surface area contributed by atoms with Crippen LogP contribution in [0.25, 0.3) is 0 Å². The molecule has 11 heteroatoms. The number of rotatable bonds is 5. The van der Waals surface area contributed by atoms with Crippen molar-refractivity contribution in [2.24, 2.45) is 0 Å². The topological polar surface area (TPSA) is 142 Å². The summed E-state index contributed by atoms with van der Waals surface area (Å²) >= 11 is 0. The van der Waals surface area contributed by atoms with E-state index in [2.05, 4.69) is 9.61 Å². The van der Waals surface area contributed by atoms with E-state index in [1.54, 1.807) is 0 Å². The molecule has 90 valence electrons. The fourth-order valence-corrected chi connectivity index (χ4v) is 2.82. The normalized spacial score (nSPS) is 15.5. The molecule has 9 nitrogen and oxygen atoms in total. The quantitative estimate of drug-likeness (QED) is 0.487. The largest absolute Gasteiger partial charge is 0.479 e. The Morgan fingerprint density at radius 2 is 2.12 bits per heavy atom. The van der Waals surface area contributed by atoms with E-state index in [1.807, 2.05) is 0 Å². The zero-order valence-corrected chi connectivity index (χ0v) is 9.53. The van der Waals surface area contributed by atoms with Crippen molar-refractivity contribution in [3.8, 4) is 0 Å². The molecule has 1 aromatic heterocycles. The summed E-state index contributed by atoms with van der Waals surface area (Å²) in [6, 6.07) is 0. The highest BCUT2D eigenvalue weighted by Crippen LogP contribution is 2.51. The van der Waals surface area contributed by atoms with Crippen LogP contribution < -0.4 is 4.62 Å². The number of hydrogen-bond acceptors (Lipinski definition) is 7. The lowest BCUT2D eigenvalue weighted by Crippen LogP contribution is -2.16. The molecule has 0 aromatic carbocycles. The molecule has 0 spiro atoms. The van der Waals surface area contributed by atoms with Crippen LogP contribution in [-0.2, 0) is 9.36 Å². The zero-order chi connectivity index (χ0) is 12.4. The fraction of sp³-hybridized carbons (Fsp3) is 0.200. The maximum Gasteiger partial charge on any atom is 0.479 e. The van der Waals surface area contributed by atoms with Crippen LogP contribution in [0, 0.1) is 0 Å². The van der Waals surface area contributed by atoms with Crippen molar-refractivity contribution in [3.63, 3.8) is 0 Å². The molecule has 0 aliphatic carbocycles. The summed E-state index contributed by atoms with van der Waals surface area (Å²) in [6.45, 7) is 0. The lowest BCUT2D eigenvalue weighted by atomic mass is 10.9. The second-order valence-electron chi connectivity index (χ2n) is 2.76. The van der Waals surface area contributed by atoms with Crippen LogP contribution in [0.15, 0.2) is 18.7 Å². The molecule has 1 atom stereocenters. The first-order valence-electron chi connectivity index (χ1n) is 3.81. The molecule has 1 rings (SSSR count). The molecule has 1 aromatic rings. The van der Waals surface area contributed by atoms with Gasteiger partial charge in [0.25, 0.3) is 0 Å². The lowest BCUT2D eigenvalue weighted by molar-refractivity contribution is -0.112. The Morgan fingerprint density at radius 1 is 1.50 bits per heavy atom. The summed E-state index contributed by atoms with van der Waals surface area (Å²) in [5.74, 6) is 0. The summed E-state index contributed by atoms with van der Waals surface area (Å²) in [5.41, 5.74) is -1.54. The fourth-order valence-electron chi connectivity index (χ4n) is 0.737. The maximum atomic E-state index is 11.3. The molecule has 0 radical (unpaired) electrons. The van der Waals surface area contributed by atoms with Crippen molar-refractivity contribution in [1.29, 1.82) is 0 Å². The third-order valence-electron chi connectivity index (χ3n) is 1.37. The number of nitrogens with zero attached hydrogens (tertiary/aromatic N) is 2. The van der Waals surface area contributed by atoms with Crippen LogP contribution >= 0.6 is 15.5 Å². The molecule has 0 aliphatic heterocycles. The monoisotopic (exact) mass is 271 g/mol. The molecule has 0 saturated heterocycles. The molecule has 0 aliphatic rings. The number of imidazole rings is 1. The second kappa shape index (κ2) is 4.58. The molecular weight excluding hydrogens is 262 g/mol. The Morgan fingerprint density at radius 3 is 2.56 bits per heavy atom. The third kappa shape index (κ3) is 3.97. The zero-order valence-electron chi connectivity index (χ0n) is 7.74. The summed E-state index contributed by atoms with van der Waals surface area (Å²) in [6.07, 6.45) is 2.32. The molecule has 4 N–H and O–H groups in total. The van der Waals surface area contributed by atoms with E-state index in [0.717, 1.165) is 11.1 Å². The van der Waals surface area contributed by atoms with Crippen molar-refractivity contribution in [2.75, 3.05) is 6.16 Å². The van der Waals surface area contributed by atoms with Gasteiger partial charge in [-0.1, -0.05) is 0 Å². The second-order valence-corrected chi connectivity index (χ2v) is 6.15. The average Bonchev–Trinajstić information content (AvgIpc) is 2.52. The summed E-state index contributed by atoms with van der Waals surface area (Å²) in [4.78, 5) is 49.2. The smallest absolute Gasteiger partial charge is 0.331 e. The number of hydrogen-bond donors (Lipinski definition) is 4. The van der Waals surface area contributed by atoms with Crippen LogP contribution in [0.1, 0.15) is 0 Å². The number of aromatic nitrogens is 2. The Bertz CT molecular complexity index is 411. The SMILES string of the molecule is O=C(CP(=O)(O)On1ccnc1)[P+](O)(O)O. The van der Waals surface area contributed by atoms with E-state index in [1.165, 1.54) is 12.4 Å². The summed E-state index contributed by atoms with van der Waals surface area (Å²) in [7, 11) is -9.18. The van der Waals surface area contributed by atoms with E-state index >= 15 is 0 Å². The van der Waals surface area contributed by atoms with Gasteiger partial charge in [0, 0.05) is 6.20 Å². The number of carbonyl (C=O) groups is 1. The Labute approximate surface area is 90.0 Å². The first-order chi connectivity index (χ1) is 7.21. The van der Waals surface area contributed by atoms with E-state index in [-0.39, 0.29) is 0 Å². The van der Waals surface area contributed by atoms with Gasteiger partial charge in [-0.05, 0) is 0 Å². The minimum atomic E-state index is -4.77. The van der Waals surface area contributed by atoms with Gasteiger partial charge in [-0.25, -0.2) is 14.3 Å². The van der Waals surface area contributed by atoms with Gasteiger partial charge in [-0.3, -0.25) is 0 Å². The highest BCUT2D eigenvalue weighted by atomic mass is 31.2. The van der Waals surface area contributed by atoms with Gasteiger partial charge in [0.2, 0.25) is 0 Å². The molecule has 1 heterocycles. The predicted molar refractivity (Wildman–Crippen MR) is 52.1 cm³/mol. The maximum absolute atomic E-state index is 11.3. The molecule has 0 fully saturated rings. The Balaban J connectivity index is 2.66. The predicted octanol–water partition coefficient (Wildman–Crippen LogP) is -1.24. The van der Waals surface area contributed by atoms with Crippen molar-refractivity contribution >= 4 is 21.1 Å². The van der Waals surface area contributed by atoms with E-state index < -0.39 is 27.2 Å². The van der Waals surface area contributed by atoms with Crippen LogP contribution in [0.5, 0.6) is 0 Å². The molecule has 0 bridgehead atoms. The Kier molecular flexibility index (Phi) is 3.80. The van der Waals surface area contributed by atoms with Crippen LogP contribution in [0.2, 0.25) is 0 Å². The minimum absolute atomic E-state index is 0.778. The summed E-state index contributed by atoms with van der Waals surface area (Å²) < 4.78 is 16.5. The average molecular weight is 271 g/mol. The minimum Gasteiger partial charge on any atom is -0.331 e. The standard InChI is InChI=1S/C5H8N2O7P2/c8-5(16(11,12)13)3-15(9,10)14-7-2-1-6-4-7/h1-2,4,11-13H,3H2/p+1. The van der Waals surface area contributed by atoms with E-state index in [4.69, 9.17) is 19.6 Å². The van der Waals surface area contributed by atoms with Crippen LogP contribution in [0.3, 0.4) is 0 Å². The van der Waals surface area contributed by atoms with Gasteiger partial charge in [-0.2, -0.15) is 19.4 Å². The molecular formula is C5H9N2O7P2+. The van der Waals surface area contributed by atoms with Gasteiger partial charge in [0.1, 0.15) is 6.33 Å². The number of carbonyl (C=O) groups excluding carboxylic acids is 1. The van der Waals surface area contributed by atoms with Crippen molar-refractivity contribution in [3.05, 3.63) is 18.7 Å². The van der Waals surface area contributed by atoms with E-state index in [0.29, 0.717) is 0 Å². The summed E-state index contributed by atoms with van der Waals surface area (Å²) in [5, 5.41) is 0. The highest BCUT2D eigenvalue weighted by molar-refractivity contribution is 7.78. The van der Waals surface area contributed by atoms with Gasteiger partial charge in [0.05, 0.1) is 6.20 Å². The first-order valence-corrected chi connectivity index (χ1v) is 7.22. The van der Waals surface area contributed by atoms with Gasteiger partial charge in [0.15, 0.2) is 6.16 Å². The van der Waals surface area contributed by atoms with Gasteiger partial charge >= 0.3 is 21.1 Å². The molecule has 16 heavy (non-hydrogen) atoms. The van der Waals surface area contributed by atoms with Crippen LogP contribution in [0.4, 0.5) is 0 Å². The Hall–Kier alpha value is -0.820. The highest BCUT2D eigenvalue weighted by Gasteiger charge is 2.47.